The maximum absolute atomic E-state index is 14.0. The van der Waals surface area contributed by atoms with E-state index in [9.17, 15) is 32.3 Å². The van der Waals surface area contributed by atoms with Gasteiger partial charge in [-0.15, -0.1) is 11.3 Å². The van der Waals surface area contributed by atoms with Crippen LogP contribution in [-0.2, 0) is 23.9 Å². The quantitative estimate of drug-likeness (QED) is 0.195. The Morgan fingerprint density at radius 1 is 1.10 bits per heavy atom. The van der Waals surface area contributed by atoms with Crippen LogP contribution < -0.4 is 4.90 Å². The van der Waals surface area contributed by atoms with Crippen molar-refractivity contribution in [1.82, 2.24) is 19.9 Å². The number of thiazole rings is 1. The largest absolute Gasteiger partial charge is 0.481 e. The lowest BCUT2D eigenvalue weighted by Gasteiger charge is -2.30. The molecule has 0 amide bonds. The van der Waals surface area contributed by atoms with Crippen LogP contribution in [-0.4, -0.2) is 62.9 Å². The van der Waals surface area contributed by atoms with E-state index >= 15 is 0 Å². The van der Waals surface area contributed by atoms with Crippen molar-refractivity contribution in [2.75, 3.05) is 31.1 Å². The number of alkyl halides is 3. The number of rotatable bonds is 12. The van der Waals surface area contributed by atoms with Crippen LogP contribution in [0.2, 0.25) is 0 Å². The van der Waals surface area contributed by atoms with Gasteiger partial charge in [0.2, 0.25) is 0 Å². The fourth-order valence-electron chi connectivity index (χ4n) is 5.02. The molecule has 0 spiro atoms. The normalized spacial score (nSPS) is 14.5. The molecule has 0 radical (unpaired) electrons. The maximum Gasteiger partial charge on any atom is 0.419 e. The van der Waals surface area contributed by atoms with Crippen molar-refractivity contribution in [2.24, 2.45) is 5.92 Å². The molecule has 3 heterocycles. The number of hydrogen-bond acceptors (Lipinski definition) is 8. The van der Waals surface area contributed by atoms with Gasteiger partial charge in [0.25, 0.3) is 0 Å². The van der Waals surface area contributed by atoms with E-state index in [-0.39, 0.29) is 29.4 Å². The van der Waals surface area contributed by atoms with Gasteiger partial charge in [-0.2, -0.15) is 13.2 Å². The summed E-state index contributed by atoms with van der Waals surface area (Å²) in [6.07, 6.45) is 0.652. The fourth-order valence-corrected chi connectivity index (χ4v) is 6.15. The molecule has 0 atom stereocenters. The number of nitrogens with zero attached hydrogens (tertiary/aromatic N) is 5. The van der Waals surface area contributed by atoms with Gasteiger partial charge < -0.3 is 10.0 Å². The third-order valence-electron chi connectivity index (χ3n) is 7.14. The van der Waals surface area contributed by atoms with E-state index in [1.165, 1.54) is 29.8 Å². The second-order valence-corrected chi connectivity index (χ2v) is 11.5. The predicted molar refractivity (Wildman–Crippen MR) is 151 cm³/mol. The molecule has 1 aliphatic rings. The molecule has 1 saturated heterocycles. The number of anilines is 1. The standard InChI is InChI=1S/C29H33F4N5O3S/c1-3-9-37(10-4-2)17-24-27(19-5-6-21(30)20(13-19)29(31,32)33)36-26(42-24)14-23(39)22-15-35-25(16-34-22)38-11-7-18(8-12-38)28(40)41/h5-6,13,15-16,18H,3-4,7-12,14,17H2,1-2H3,(H,40,41). The Balaban J connectivity index is 1.56. The van der Waals surface area contributed by atoms with Crippen molar-refractivity contribution in [3.05, 3.63) is 57.6 Å². The van der Waals surface area contributed by atoms with Gasteiger partial charge in [-0.3, -0.25) is 14.5 Å². The second kappa shape index (κ2) is 13.7. The van der Waals surface area contributed by atoms with Gasteiger partial charge in [-0.1, -0.05) is 13.8 Å². The lowest BCUT2D eigenvalue weighted by molar-refractivity contribution is -0.142. The van der Waals surface area contributed by atoms with Crippen LogP contribution in [0.15, 0.2) is 30.6 Å². The smallest absolute Gasteiger partial charge is 0.419 e. The first-order valence-corrected chi connectivity index (χ1v) is 14.7. The van der Waals surface area contributed by atoms with Crippen molar-refractivity contribution in [3.8, 4) is 11.3 Å². The topological polar surface area (TPSA) is 99.5 Å². The van der Waals surface area contributed by atoms with Crippen LogP contribution in [0, 0.1) is 11.7 Å². The van der Waals surface area contributed by atoms with Crippen molar-refractivity contribution >= 4 is 28.9 Å². The lowest BCUT2D eigenvalue weighted by atomic mass is 9.97. The zero-order chi connectivity index (χ0) is 30.4. The number of carboxylic acid groups (broad SMARTS) is 1. The zero-order valence-electron chi connectivity index (χ0n) is 23.5. The Kier molecular flexibility index (Phi) is 10.3. The monoisotopic (exact) mass is 607 g/mol. The van der Waals surface area contributed by atoms with E-state index in [2.05, 4.69) is 19.9 Å². The van der Waals surface area contributed by atoms with E-state index in [1.807, 2.05) is 18.7 Å². The molecule has 1 fully saturated rings. The second-order valence-electron chi connectivity index (χ2n) is 10.3. The molecule has 0 aliphatic carbocycles. The molecule has 3 aromatic rings. The molecule has 2 aromatic heterocycles. The van der Waals surface area contributed by atoms with Gasteiger partial charge in [0.05, 0.1) is 36.0 Å². The summed E-state index contributed by atoms with van der Waals surface area (Å²) >= 11 is 1.25. The zero-order valence-corrected chi connectivity index (χ0v) is 24.3. The Morgan fingerprint density at radius 2 is 1.79 bits per heavy atom. The van der Waals surface area contributed by atoms with Gasteiger partial charge in [-0.05, 0) is 57.0 Å². The summed E-state index contributed by atoms with van der Waals surface area (Å²) in [7, 11) is 0. The first-order chi connectivity index (χ1) is 20.0. The highest BCUT2D eigenvalue weighted by atomic mass is 32.1. The van der Waals surface area contributed by atoms with Crippen LogP contribution >= 0.6 is 11.3 Å². The average molecular weight is 608 g/mol. The molecule has 0 saturated carbocycles. The Labute approximate surface area is 245 Å². The number of ketones is 1. The Bertz CT molecular complexity index is 1380. The maximum atomic E-state index is 14.0. The number of carbonyl (C=O) groups excluding carboxylic acids is 1. The first-order valence-electron chi connectivity index (χ1n) is 13.9. The third kappa shape index (κ3) is 7.68. The van der Waals surface area contributed by atoms with Gasteiger partial charge >= 0.3 is 12.1 Å². The number of piperidine rings is 1. The summed E-state index contributed by atoms with van der Waals surface area (Å²) in [5.74, 6) is -2.34. The van der Waals surface area contributed by atoms with E-state index in [1.54, 1.807) is 0 Å². The summed E-state index contributed by atoms with van der Waals surface area (Å²) < 4.78 is 54.4. The molecule has 13 heteroatoms. The Morgan fingerprint density at radius 3 is 2.36 bits per heavy atom. The van der Waals surface area contributed by atoms with Gasteiger partial charge in [0, 0.05) is 30.1 Å². The van der Waals surface area contributed by atoms with Crippen LogP contribution in [0.3, 0.4) is 0 Å². The highest BCUT2D eigenvalue weighted by Crippen LogP contribution is 2.37. The van der Waals surface area contributed by atoms with E-state index in [0.717, 1.165) is 38.1 Å². The molecule has 1 aliphatic heterocycles. The molecule has 42 heavy (non-hydrogen) atoms. The number of hydrogen-bond donors (Lipinski definition) is 1. The number of carboxylic acids is 1. The molecule has 0 bridgehead atoms. The van der Waals surface area contributed by atoms with Crippen LogP contribution in [0.1, 0.15) is 65.5 Å². The summed E-state index contributed by atoms with van der Waals surface area (Å²) in [5.41, 5.74) is -0.801. The summed E-state index contributed by atoms with van der Waals surface area (Å²) in [6, 6.07) is 2.85. The van der Waals surface area contributed by atoms with Crippen LogP contribution in [0.25, 0.3) is 11.3 Å². The van der Waals surface area contributed by atoms with Gasteiger partial charge in [-0.25, -0.2) is 19.3 Å². The number of carbonyl (C=O) groups is 2. The highest BCUT2D eigenvalue weighted by Gasteiger charge is 2.35. The van der Waals surface area contributed by atoms with Crippen LogP contribution in [0.5, 0.6) is 0 Å². The van der Waals surface area contributed by atoms with Crippen molar-refractivity contribution in [3.63, 3.8) is 0 Å². The summed E-state index contributed by atoms with van der Waals surface area (Å²) in [4.78, 5) is 42.3. The van der Waals surface area contributed by atoms with Crippen molar-refractivity contribution < 1.29 is 32.3 Å². The number of benzene rings is 1. The first kappa shape index (κ1) is 31.5. The number of halogens is 4. The molecule has 0 unspecified atom stereocenters. The molecular formula is C29H33F4N5O3S. The van der Waals surface area contributed by atoms with Crippen LogP contribution in [0.4, 0.5) is 23.4 Å². The SMILES string of the molecule is CCCN(CCC)Cc1sc(CC(=O)c2cnc(N3CCC(C(=O)O)CC3)cn2)nc1-c1ccc(F)c(C(F)(F)F)c1. The molecule has 8 nitrogen and oxygen atoms in total. The van der Waals surface area contributed by atoms with E-state index in [0.29, 0.717) is 53.9 Å². The van der Waals surface area contributed by atoms with E-state index in [4.69, 9.17) is 0 Å². The van der Waals surface area contributed by atoms with Gasteiger partial charge in [0.1, 0.15) is 22.3 Å². The number of Topliss-reactive ketones (excluding diaryl/α,β-unsaturated/α-hetero) is 1. The molecule has 1 N–H and O–H groups in total. The fraction of sp³-hybridized carbons (Fsp3) is 0.483. The lowest BCUT2D eigenvalue weighted by Crippen LogP contribution is -2.36. The minimum Gasteiger partial charge on any atom is -0.481 e. The molecule has 226 valence electrons. The molecular weight excluding hydrogens is 574 g/mol. The minimum absolute atomic E-state index is 0.120. The average Bonchev–Trinajstić information content (AvgIpc) is 3.34. The predicted octanol–water partition coefficient (Wildman–Crippen LogP) is 6.11. The van der Waals surface area contributed by atoms with Crippen molar-refractivity contribution in [2.45, 2.75) is 58.7 Å². The van der Waals surface area contributed by atoms with Gasteiger partial charge in [0.15, 0.2) is 5.78 Å². The summed E-state index contributed by atoms with van der Waals surface area (Å²) in [6.45, 7) is 7.14. The summed E-state index contributed by atoms with van der Waals surface area (Å²) in [5, 5.41) is 9.61. The number of aromatic nitrogens is 3. The molecule has 4 rings (SSSR count). The number of aliphatic carboxylic acids is 1. The third-order valence-corrected chi connectivity index (χ3v) is 8.18. The van der Waals surface area contributed by atoms with Crippen molar-refractivity contribution in [1.29, 1.82) is 0 Å². The minimum atomic E-state index is -4.86. The highest BCUT2D eigenvalue weighted by molar-refractivity contribution is 7.12. The van der Waals surface area contributed by atoms with E-state index < -0.39 is 23.5 Å². The molecule has 1 aromatic carbocycles. The Hall–Kier alpha value is -3.45.